The van der Waals surface area contributed by atoms with Crippen LogP contribution in [0.2, 0.25) is 0 Å². The average molecular weight is 419 g/mol. The lowest BCUT2D eigenvalue weighted by Gasteiger charge is -2.35. The number of hydrogen-bond acceptors (Lipinski definition) is 5. The fourth-order valence-electron chi connectivity index (χ4n) is 5.02. The van der Waals surface area contributed by atoms with E-state index >= 15 is 0 Å². The highest BCUT2D eigenvalue weighted by Crippen LogP contribution is 2.35. The lowest BCUT2D eigenvalue weighted by atomic mass is 9.89. The summed E-state index contributed by atoms with van der Waals surface area (Å²) in [6, 6.07) is 6.59. The van der Waals surface area contributed by atoms with Gasteiger partial charge in [-0.05, 0) is 82.4 Å². The number of rotatable bonds is 4. The van der Waals surface area contributed by atoms with Gasteiger partial charge in [0.2, 0.25) is 0 Å². The number of β-amino-alcohol motifs (C(OH)–C–C–N with tert-alkyl or cyclic N) is 1. The van der Waals surface area contributed by atoms with E-state index in [4.69, 9.17) is 0 Å². The lowest BCUT2D eigenvalue weighted by Crippen LogP contribution is -2.42. The number of aromatic nitrogens is 5. The first-order valence-electron chi connectivity index (χ1n) is 11.0. The highest BCUT2D eigenvalue weighted by Gasteiger charge is 2.27. The van der Waals surface area contributed by atoms with Crippen LogP contribution in [0.15, 0.2) is 30.7 Å². The van der Waals surface area contributed by atoms with Crippen molar-refractivity contribution in [3.8, 4) is 11.1 Å². The molecule has 1 aliphatic rings. The van der Waals surface area contributed by atoms with E-state index in [2.05, 4.69) is 57.2 Å². The number of nitrogens with one attached hydrogen (secondary N) is 1. The first kappa shape index (κ1) is 20.2. The molecule has 0 aliphatic carbocycles. The van der Waals surface area contributed by atoms with Crippen molar-refractivity contribution in [1.82, 2.24) is 29.7 Å². The molecule has 0 radical (unpaired) electrons. The van der Waals surface area contributed by atoms with Gasteiger partial charge in [0, 0.05) is 35.3 Å². The Morgan fingerprint density at radius 2 is 1.84 bits per heavy atom. The van der Waals surface area contributed by atoms with Crippen molar-refractivity contribution in [1.29, 1.82) is 0 Å². The summed E-state index contributed by atoms with van der Waals surface area (Å²) in [6.45, 7) is 10.7. The number of hydrogen-bond donors (Lipinski definition) is 2. The van der Waals surface area contributed by atoms with Crippen LogP contribution in [0, 0.1) is 13.8 Å². The van der Waals surface area contributed by atoms with Crippen LogP contribution in [0.25, 0.3) is 27.7 Å². The second-order valence-corrected chi connectivity index (χ2v) is 9.63. The molecule has 1 fully saturated rings. The molecular weight excluding hydrogens is 388 g/mol. The minimum Gasteiger partial charge on any atom is -0.389 e. The zero-order valence-electron chi connectivity index (χ0n) is 18.7. The number of piperidine rings is 1. The van der Waals surface area contributed by atoms with Crippen molar-refractivity contribution >= 4 is 16.6 Å². The topological polar surface area (TPSA) is 82.3 Å². The number of aromatic amines is 1. The molecule has 0 atom stereocenters. The van der Waals surface area contributed by atoms with Crippen LogP contribution < -0.4 is 0 Å². The van der Waals surface area contributed by atoms with E-state index in [0.717, 1.165) is 60.3 Å². The molecule has 162 valence electrons. The third-order valence-electron chi connectivity index (χ3n) is 6.38. The predicted octanol–water partition coefficient (Wildman–Crippen LogP) is 3.84. The van der Waals surface area contributed by atoms with Gasteiger partial charge in [0.25, 0.3) is 0 Å². The molecule has 2 N–H and O–H groups in total. The highest BCUT2D eigenvalue weighted by molar-refractivity contribution is 5.90. The van der Waals surface area contributed by atoms with Gasteiger partial charge < -0.3 is 10.0 Å². The number of likely N-dealkylation sites (tertiary alicyclic amines) is 1. The Balaban J connectivity index is 1.44. The second-order valence-electron chi connectivity index (χ2n) is 9.63. The summed E-state index contributed by atoms with van der Waals surface area (Å²) in [7, 11) is 0. The smallest absolute Gasteiger partial charge is 0.158 e. The van der Waals surface area contributed by atoms with Crippen LogP contribution in [0.4, 0.5) is 0 Å². The van der Waals surface area contributed by atoms with Gasteiger partial charge in [-0.3, -0.25) is 5.10 Å². The van der Waals surface area contributed by atoms with Gasteiger partial charge >= 0.3 is 0 Å². The molecule has 1 aliphatic heterocycles. The van der Waals surface area contributed by atoms with Crippen molar-refractivity contribution in [2.45, 2.75) is 52.1 Å². The fraction of sp³-hybridized carbons (Fsp3) is 0.458. The Morgan fingerprint density at radius 1 is 1.10 bits per heavy atom. The minimum absolute atomic E-state index is 0.473. The molecule has 0 amide bonds. The van der Waals surface area contributed by atoms with Crippen LogP contribution in [0.5, 0.6) is 0 Å². The van der Waals surface area contributed by atoms with E-state index in [0.29, 0.717) is 5.92 Å². The molecule has 1 aromatic carbocycles. The highest BCUT2D eigenvalue weighted by atomic mass is 16.3. The number of pyridine rings is 1. The Hall–Kier alpha value is -2.77. The van der Waals surface area contributed by atoms with Gasteiger partial charge in [-0.1, -0.05) is 6.07 Å². The molecule has 0 unspecified atom stereocenters. The van der Waals surface area contributed by atoms with Gasteiger partial charge in [0.05, 0.1) is 11.1 Å². The molecule has 7 heteroatoms. The van der Waals surface area contributed by atoms with Crippen LogP contribution >= 0.6 is 0 Å². The van der Waals surface area contributed by atoms with Crippen LogP contribution in [0.3, 0.4) is 0 Å². The van der Waals surface area contributed by atoms with E-state index in [1.165, 1.54) is 16.6 Å². The maximum absolute atomic E-state index is 10.1. The molecule has 0 bridgehead atoms. The van der Waals surface area contributed by atoms with E-state index in [1.807, 2.05) is 24.6 Å². The Kier molecular flexibility index (Phi) is 4.83. The summed E-state index contributed by atoms with van der Waals surface area (Å²) in [5.74, 6) is 0.473. The third kappa shape index (κ3) is 3.83. The monoisotopic (exact) mass is 418 g/mol. The van der Waals surface area contributed by atoms with E-state index < -0.39 is 5.60 Å². The molecule has 0 spiro atoms. The first-order chi connectivity index (χ1) is 14.8. The van der Waals surface area contributed by atoms with Crippen molar-refractivity contribution in [3.63, 3.8) is 0 Å². The Bertz CT molecular complexity index is 1240. The normalized spacial score (nSPS) is 16.5. The van der Waals surface area contributed by atoms with Crippen molar-refractivity contribution in [3.05, 3.63) is 47.5 Å². The molecule has 31 heavy (non-hydrogen) atoms. The molecule has 7 nitrogen and oxygen atoms in total. The van der Waals surface area contributed by atoms with Crippen LogP contribution in [-0.2, 0) is 0 Å². The van der Waals surface area contributed by atoms with Gasteiger partial charge in [0.15, 0.2) is 5.65 Å². The van der Waals surface area contributed by atoms with Gasteiger partial charge in [-0.2, -0.15) is 10.2 Å². The van der Waals surface area contributed by atoms with Gasteiger partial charge in [-0.15, -0.1) is 0 Å². The summed E-state index contributed by atoms with van der Waals surface area (Å²) in [5, 5.41) is 23.7. The average Bonchev–Trinajstić information content (AvgIpc) is 3.34. The second kappa shape index (κ2) is 7.43. The summed E-state index contributed by atoms with van der Waals surface area (Å²) >= 11 is 0. The number of aliphatic hydroxyl groups is 1. The molecule has 3 aromatic heterocycles. The maximum atomic E-state index is 10.1. The Labute approximate surface area is 182 Å². The fourth-order valence-corrected chi connectivity index (χ4v) is 5.02. The summed E-state index contributed by atoms with van der Waals surface area (Å²) in [5.41, 5.74) is 7.12. The summed E-state index contributed by atoms with van der Waals surface area (Å²) in [6.07, 6.45) is 5.78. The molecule has 4 heterocycles. The Morgan fingerprint density at radius 3 is 2.58 bits per heavy atom. The number of H-pyrrole nitrogens is 1. The predicted molar refractivity (Wildman–Crippen MR) is 122 cm³/mol. The molecular formula is C24H30N6O. The van der Waals surface area contributed by atoms with E-state index in [-0.39, 0.29) is 0 Å². The van der Waals surface area contributed by atoms with E-state index in [1.54, 1.807) is 6.33 Å². The van der Waals surface area contributed by atoms with Crippen molar-refractivity contribution in [2.75, 3.05) is 19.6 Å². The van der Waals surface area contributed by atoms with Gasteiger partial charge in [0.1, 0.15) is 6.33 Å². The quantitative estimate of drug-likeness (QED) is 0.526. The number of fused-ring (bicyclic) bond motifs is 2. The lowest BCUT2D eigenvalue weighted by molar-refractivity contribution is 0.0281. The van der Waals surface area contributed by atoms with Crippen LogP contribution in [-0.4, -0.2) is 60.0 Å². The van der Waals surface area contributed by atoms with Crippen molar-refractivity contribution < 1.29 is 5.11 Å². The maximum Gasteiger partial charge on any atom is 0.158 e. The number of nitrogens with zero attached hydrogens (tertiary/aromatic N) is 5. The minimum atomic E-state index is -0.645. The summed E-state index contributed by atoms with van der Waals surface area (Å²) < 4.78 is 1.83. The third-order valence-corrected chi connectivity index (χ3v) is 6.38. The molecule has 5 rings (SSSR count). The zero-order chi connectivity index (χ0) is 21.8. The van der Waals surface area contributed by atoms with E-state index in [9.17, 15) is 5.11 Å². The van der Waals surface area contributed by atoms with Gasteiger partial charge in [-0.25, -0.2) is 9.50 Å². The number of benzene rings is 1. The number of aryl methyl sites for hydroxylation is 2. The van der Waals surface area contributed by atoms with Crippen LogP contribution in [0.1, 0.15) is 49.4 Å². The van der Waals surface area contributed by atoms with Crippen molar-refractivity contribution in [2.24, 2.45) is 0 Å². The first-order valence-corrected chi connectivity index (χ1v) is 11.0. The SMILES string of the molecule is Cc1cc(-c2cc(C)c3ncnn3c2)cc2n[nH]c(C3CCN(CC(C)(C)O)CC3)c12. The molecule has 0 saturated carbocycles. The standard InChI is InChI=1S/C24H30N6O/c1-15-9-18(19-10-16(2)23-25-14-26-30(23)12-19)11-20-21(15)22(28-27-20)17-5-7-29(8-6-17)13-24(3,4)31/h9-12,14,17,31H,5-8,13H2,1-4H3,(H,27,28). The summed E-state index contributed by atoms with van der Waals surface area (Å²) in [4.78, 5) is 6.68. The zero-order valence-corrected chi connectivity index (χ0v) is 18.7. The molecule has 4 aromatic rings. The molecule has 1 saturated heterocycles. The largest absolute Gasteiger partial charge is 0.389 e.